The lowest BCUT2D eigenvalue weighted by Gasteiger charge is -2.01. The molecule has 0 aliphatic rings. The minimum Gasteiger partial charge on any atom is -0.331 e. The average Bonchev–Trinajstić information content (AvgIpc) is 1.63. The molecule has 0 spiro atoms. The second-order valence-electron chi connectivity index (χ2n) is 2.03. The number of amides is 1. The molecule has 52 valence electrons. The summed E-state index contributed by atoms with van der Waals surface area (Å²) < 4.78 is 0. The van der Waals surface area contributed by atoms with E-state index in [4.69, 9.17) is 0 Å². The molecule has 0 heterocycles. The van der Waals surface area contributed by atoms with Gasteiger partial charge in [-0.2, -0.15) is 0 Å². The summed E-state index contributed by atoms with van der Waals surface area (Å²) in [6.07, 6.45) is 1.90. The van der Waals surface area contributed by atoms with Gasteiger partial charge in [0.15, 0.2) is 0 Å². The first-order chi connectivity index (χ1) is 4.16. The summed E-state index contributed by atoms with van der Waals surface area (Å²) in [5.41, 5.74) is 0.810. The largest absolute Gasteiger partial charge is 0.331 e. The Balaban J connectivity index is 3.39. The van der Waals surface area contributed by atoms with Crippen LogP contribution in [0.15, 0.2) is 12.3 Å². The fourth-order valence-corrected chi connectivity index (χ4v) is 0.613. The van der Waals surface area contributed by atoms with Gasteiger partial charge in [-0.1, -0.05) is 19.9 Å². The van der Waals surface area contributed by atoms with E-state index in [-0.39, 0.29) is 5.91 Å². The fourth-order valence-electron chi connectivity index (χ4n) is 0.613. The molecule has 9 heavy (non-hydrogen) atoms. The highest BCUT2D eigenvalue weighted by Gasteiger charge is 1.92. The van der Waals surface area contributed by atoms with E-state index in [2.05, 4.69) is 11.9 Å². The molecule has 0 aromatic rings. The molecule has 1 N–H and O–H groups in total. The molecule has 0 atom stereocenters. The van der Waals surface area contributed by atoms with Gasteiger partial charge < -0.3 is 5.32 Å². The van der Waals surface area contributed by atoms with Gasteiger partial charge in [0.05, 0.1) is 0 Å². The Morgan fingerprint density at radius 3 is 2.56 bits per heavy atom. The number of carbonyl (C=O) groups is 1. The van der Waals surface area contributed by atoms with Crippen molar-refractivity contribution in [3.05, 3.63) is 12.3 Å². The van der Waals surface area contributed by atoms with Crippen LogP contribution in [-0.2, 0) is 4.79 Å². The minimum atomic E-state index is -0.0338. The van der Waals surface area contributed by atoms with Crippen LogP contribution in [0.25, 0.3) is 0 Å². The molecule has 0 radical (unpaired) electrons. The maximum absolute atomic E-state index is 10.4. The number of nitrogens with one attached hydrogen (secondary N) is 1. The summed E-state index contributed by atoms with van der Waals surface area (Å²) >= 11 is 0. The molecule has 0 aromatic heterocycles. The number of hydrogen-bond acceptors (Lipinski definition) is 1. The van der Waals surface area contributed by atoms with Crippen molar-refractivity contribution >= 4 is 5.91 Å². The Hall–Kier alpha value is -0.790. The topological polar surface area (TPSA) is 29.1 Å². The van der Waals surface area contributed by atoms with Crippen molar-refractivity contribution in [2.45, 2.75) is 26.7 Å². The van der Waals surface area contributed by atoms with Gasteiger partial charge in [0.1, 0.15) is 0 Å². The highest BCUT2D eigenvalue weighted by Crippen LogP contribution is 1.95. The molecule has 0 aliphatic heterocycles. The van der Waals surface area contributed by atoms with Gasteiger partial charge in [0.2, 0.25) is 5.91 Å². The van der Waals surface area contributed by atoms with E-state index < -0.39 is 0 Å². The lowest BCUT2D eigenvalue weighted by atomic mass is 10.3. The molecule has 0 bridgehead atoms. The number of carbonyl (C=O) groups excluding carboxylic acids is 1. The lowest BCUT2D eigenvalue weighted by molar-refractivity contribution is -0.118. The average molecular weight is 127 g/mol. The zero-order valence-corrected chi connectivity index (χ0v) is 6.03. The molecule has 0 unspecified atom stereocenters. The fraction of sp³-hybridized carbons (Fsp3) is 0.571. The van der Waals surface area contributed by atoms with Crippen LogP contribution in [0.2, 0.25) is 0 Å². The smallest absolute Gasteiger partial charge is 0.220 e. The predicted octanol–water partition coefficient (Wildman–Crippen LogP) is 1.44. The first-order valence-corrected chi connectivity index (χ1v) is 3.12. The minimum absolute atomic E-state index is 0.0338. The molecule has 2 heteroatoms. The highest BCUT2D eigenvalue weighted by molar-refractivity contribution is 5.74. The van der Waals surface area contributed by atoms with Gasteiger partial charge in [0, 0.05) is 12.6 Å². The summed E-state index contributed by atoms with van der Waals surface area (Å²) in [5, 5.41) is 2.61. The number of allylic oxidation sites excluding steroid dienone is 1. The molecule has 0 saturated heterocycles. The highest BCUT2D eigenvalue weighted by atomic mass is 16.1. The molecule has 0 saturated carbocycles. The normalized spacial score (nSPS) is 8.67. The molecular weight excluding hydrogens is 114 g/mol. The van der Waals surface area contributed by atoms with Crippen LogP contribution in [-0.4, -0.2) is 5.91 Å². The molecule has 0 aliphatic carbocycles. The third kappa shape index (κ3) is 5.07. The van der Waals surface area contributed by atoms with E-state index in [1.54, 1.807) is 0 Å². The standard InChI is InChI=1S/C7H13NO/c1-4-5-6(2)8-7(3)9/h2,4-5H2,1,3H3,(H,8,9). The van der Waals surface area contributed by atoms with Gasteiger partial charge in [0.25, 0.3) is 0 Å². The first kappa shape index (κ1) is 8.21. The SMILES string of the molecule is C=C(CCC)NC(C)=O. The quantitative estimate of drug-likeness (QED) is 0.610. The van der Waals surface area contributed by atoms with Gasteiger partial charge in [-0.05, 0) is 6.42 Å². The zero-order valence-electron chi connectivity index (χ0n) is 6.03. The van der Waals surface area contributed by atoms with E-state index >= 15 is 0 Å². The summed E-state index contributed by atoms with van der Waals surface area (Å²) in [4.78, 5) is 10.4. The van der Waals surface area contributed by atoms with Crippen LogP contribution < -0.4 is 5.32 Å². The number of hydrogen-bond donors (Lipinski definition) is 1. The Morgan fingerprint density at radius 1 is 1.67 bits per heavy atom. The van der Waals surface area contributed by atoms with Crippen molar-refractivity contribution in [1.29, 1.82) is 0 Å². The Morgan fingerprint density at radius 2 is 2.22 bits per heavy atom. The zero-order chi connectivity index (χ0) is 7.28. The van der Waals surface area contributed by atoms with E-state index in [1.165, 1.54) is 6.92 Å². The monoisotopic (exact) mass is 127 g/mol. The molecule has 0 fully saturated rings. The van der Waals surface area contributed by atoms with E-state index in [0.717, 1.165) is 18.5 Å². The van der Waals surface area contributed by atoms with Crippen molar-refractivity contribution in [3.8, 4) is 0 Å². The molecule has 0 aromatic carbocycles. The number of rotatable bonds is 3. The maximum atomic E-state index is 10.4. The van der Waals surface area contributed by atoms with Crippen molar-refractivity contribution in [1.82, 2.24) is 5.32 Å². The Labute approximate surface area is 56.0 Å². The van der Waals surface area contributed by atoms with Crippen LogP contribution in [0.4, 0.5) is 0 Å². The van der Waals surface area contributed by atoms with Crippen molar-refractivity contribution in [2.24, 2.45) is 0 Å². The Kier molecular flexibility index (Phi) is 3.76. The third-order valence-corrected chi connectivity index (χ3v) is 0.905. The second kappa shape index (κ2) is 4.13. The van der Waals surface area contributed by atoms with Gasteiger partial charge in [-0.3, -0.25) is 4.79 Å². The predicted molar refractivity (Wildman–Crippen MR) is 37.9 cm³/mol. The van der Waals surface area contributed by atoms with Crippen LogP contribution >= 0.6 is 0 Å². The second-order valence-corrected chi connectivity index (χ2v) is 2.03. The van der Waals surface area contributed by atoms with Crippen molar-refractivity contribution in [3.63, 3.8) is 0 Å². The third-order valence-electron chi connectivity index (χ3n) is 0.905. The summed E-state index contributed by atoms with van der Waals surface area (Å²) in [5.74, 6) is -0.0338. The van der Waals surface area contributed by atoms with Crippen LogP contribution in [0.1, 0.15) is 26.7 Å². The summed E-state index contributed by atoms with van der Waals surface area (Å²) in [7, 11) is 0. The van der Waals surface area contributed by atoms with E-state index in [9.17, 15) is 4.79 Å². The summed E-state index contributed by atoms with van der Waals surface area (Å²) in [6.45, 7) is 7.19. The van der Waals surface area contributed by atoms with Crippen molar-refractivity contribution < 1.29 is 4.79 Å². The molecule has 0 rings (SSSR count). The molecular formula is C7H13NO. The summed E-state index contributed by atoms with van der Waals surface area (Å²) in [6, 6.07) is 0. The van der Waals surface area contributed by atoms with E-state index in [0.29, 0.717) is 0 Å². The molecule has 2 nitrogen and oxygen atoms in total. The van der Waals surface area contributed by atoms with E-state index in [1.807, 2.05) is 6.92 Å². The first-order valence-electron chi connectivity index (χ1n) is 3.12. The van der Waals surface area contributed by atoms with Crippen LogP contribution in [0.5, 0.6) is 0 Å². The van der Waals surface area contributed by atoms with Gasteiger partial charge in [-0.15, -0.1) is 0 Å². The van der Waals surface area contributed by atoms with Gasteiger partial charge >= 0.3 is 0 Å². The van der Waals surface area contributed by atoms with Crippen LogP contribution in [0.3, 0.4) is 0 Å². The van der Waals surface area contributed by atoms with Crippen LogP contribution in [0, 0.1) is 0 Å². The van der Waals surface area contributed by atoms with Gasteiger partial charge in [-0.25, -0.2) is 0 Å². The Bertz CT molecular complexity index is 118. The molecule has 1 amide bonds. The van der Waals surface area contributed by atoms with Crippen molar-refractivity contribution in [2.75, 3.05) is 0 Å². The lowest BCUT2D eigenvalue weighted by Crippen LogP contribution is -2.17. The maximum Gasteiger partial charge on any atom is 0.220 e.